The molecule has 0 aliphatic rings. The Bertz CT molecular complexity index is 1040. The maximum Gasteiger partial charge on any atom is 0.267 e. The number of nitrogens with zero attached hydrogens (tertiary/aromatic N) is 4. The van der Waals surface area contributed by atoms with Gasteiger partial charge < -0.3 is 14.8 Å². The molecule has 9 nitrogen and oxygen atoms in total. The largest absolute Gasteiger partial charge is 0.497 e. The summed E-state index contributed by atoms with van der Waals surface area (Å²) < 4.78 is 13.4. The second-order valence-corrected chi connectivity index (χ2v) is 6.40. The van der Waals surface area contributed by atoms with Gasteiger partial charge in [0, 0.05) is 11.8 Å². The van der Waals surface area contributed by atoms with Gasteiger partial charge in [0.25, 0.3) is 5.56 Å². The minimum Gasteiger partial charge on any atom is -0.497 e. The first-order chi connectivity index (χ1) is 14.0. The molecule has 3 aromatic rings. The molecule has 29 heavy (non-hydrogen) atoms. The maximum atomic E-state index is 12.2. The standard InChI is InChI=1S/C20H23N5O4/c1-14-12-15(2)25(22-14)18-8-9-20(27)24(23-18)13-19(26)21-10-11-29-17-6-4-16(28-3)5-7-17/h4-9,12H,10-11,13H2,1-3H3,(H,21,26). The van der Waals surface area contributed by atoms with Crippen LogP contribution >= 0.6 is 0 Å². The second kappa shape index (κ2) is 9.05. The van der Waals surface area contributed by atoms with Crippen LogP contribution in [0.2, 0.25) is 0 Å². The summed E-state index contributed by atoms with van der Waals surface area (Å²) in [6.07, 6.45) is 0. The van der Waals surface area contributed by atoms with Crippen LogP contribution < -0.4 is 20.3 Å². The molecule has 2 aromatic heterocycles. The SMILES string of the molecule is COc1ccc(OCCNC(=O)Cn2nc(-n3nc(C)cc3C)ccc2=O)cc1. The summed E-state index contributed by atoms with van der Waals surface area (Å²) >= 11 is 0. The first-order valence-corrected chi connectivity index (χ1v) is 9.11. The van der Waals surface area contributed by atoms with Gasteiger partial charge in [-0.15, -0.1) is 5.10 Å². The van der Waals surface area contributed by atoms with E-state index in [2.05, 4.69) is 15.5 Å². The van der Waals surface area contributed by atoms with Gasteiger partial charge in [0.1, 0.15) is 24.7 Å². The van der Waals surface area contributed by atoms with Crippen LogP contribution in [-0.4, -0.2) is 45.7 Å². The molecule has 3 rings (SSSR count). The summed E-state index contributed by atoms with van der Waals surface area (Å²) in [6.45, 7) is 4.19. The van der Waals surface area contributed by atoms with Gasteiger partial charge in [-0.25, -0.2) is 9.36 Å². The van der Waals surface area contributed by atoms with E-state index in [1.54, 1.807) is 42.1 Å². The van der Waals surface area contributed by atoms with Crippen LogP contribution in [0, 0.1) is 13.8 Å². The van der Waals surface area contributed by atoms with Crippen LogP contribution in [0.4, 0.5) is 0 Å². The number of hydrogen-bond donors (Lipinski definition) is 1. The fraction of sp³-hybridized carbons (Fsp3) is 0.300. The van der Waals surface area contributed by atoms with E-state index in [0.29, 0.717) is 24.7 Å². The molecule has 0 spiro atoms. The van der Waals surface area contributed by atoms with Crippen molar-refractivity contribution in [3.8, 4) is 17.3 Å². The molecule has 0 aliphatic carbocycles. The van der Waals surface area contributed by atoms with Crippen LogP contribution in [0.1, 0.15) is 11.4 Å². The number of methoxy groups -OCH3 is 1. The minimum atomic E-state index is -0.361. The molecule has 152 valence electrons. The lowest BCUT2D eigenvalue weighted by Crippen LogP contribution is -2.35. The molecule has 1 N–H and O–H groups in total. The van der Waals surface area contributed by atoms with E-state index < -0.39 is 0 Å². The summed E-state index contributed by atoms with van der Waals surface area (Å²) in [7, 11) is 1.60. The van der Waals surface area contributed by atoms with E-state index in [1.807, 2.05) is 19.9 Å². The number of nitrogens with one attached hydrogen (secondary N) is 1. The zero-order valence-electron chi connectivity index (χ0n) is 16.6. The van der Waals surface area contributed by atoms with Crippen LogP contribution in [0.15, 0.2) is 47.3 Å². The minimum absolute atomic E-state index is 0.186. The van der Waals surface area contributed by atoms with Crippen LogP contribution in [-0.2, 0) is 11.3 Å². The normalized spacial score (nSPS) is 10.6. The van der Waals surface area contributed by atoms with Crippen LogP contribution in [0.5, 0.6) is 11.5 Å². The number of aromatic nitrogens is 4. The first kappa shape index (κ1) is 20.1. The Labute approximate surface area is 167 Å². The topological polar surface area (TPSA) is 100 Å². The monoisotopic (exact) mass is 397 g/mol. The average Bonchev–Trinajstić information content (AvgIpc) is 3.05. The highest BCUT2D eigenvalue weighted by Crippen LogP contribution is 2.16. The van der Waals surface area contributed by atoms with E-state index >= 15 is 0 Å². The third-order valence-electron chi connectivity index (χ3n) is 4.12. The van der Waals surface area contributed by atoms with Gasteiger partial charge >= 0.3 is 0 Å². The van der Waals surface area contributed by atoms with Gasteiger partial charge in [-0.05, 0) is 50.2 Å². The molecule has 0 atom stereocenters. The lowest BCUT2D eigenvalue weighted by Gasteiger charge is -2.10. The van der Waals surface area contributed by atoms with Crippen molar-refractivity contribution in [1.29, 1.82) is 0 Å². The number of carbonyl (C=O) groups is 1. The summed E-state index contributed by atoms with van der Waals surface area (Å²) in [5, 5.41) is 11.3. The van der Waals surface area contributed by atoms with E-state index in [4.69, 9.17) is 9.47 Å². The van der Waals surface area contributed by atoms with Crippen molar-refractivity contribution in [1.82, 2.24) is 24.9 Å². The zero-order valence-corrected chi connectivity index (χ0v) is 16.6. The van der Waals surface area contributed by atoms with Crippen molar-refractivity contribution in [3.63, 3.8) is 0 Å². The van der Waals surface area contributed by atoms with Crippen molar-refractivity contribution < 1.29 is 14.3 Å². The van der Waals surface area contributed by atoms with E-state index in [1.165, 1.54) is 6.07 Å². The van der Waals surface area contributed by atoms with Gasteiger partial charge in [0.2, 0.25) is 5.91 Å². The number of aryl methyl sites for hydroxylation is 2. The summed E-state index contributed by atoms with van der Waals surface area (Å²) in [4.78, 5) is 24.2. The highest BCUT2D eigenvalue weighted by atomic mass is 16.5. The zero-order chi connectivity index (χ0) is 20.8. The number of rotatable bonds is 8. The number of benzene rings is 1. The van der Waals surface area contributed by atoms with Crippen molar-refractivity contribution >= 4 is 5.91 Å². The van der Waals surface area contributed by atoms with Gasteiger partial charge in [0.05, 0.1) is 19.3 Å². The lowest BCUT2D eigenvalue weighted by molar-refractivity contribution is -0.122. The third kappa shape index (κ3) is 5.22. The van der Waals surface area contributed by atoms with E-state index in [9.17, 15) is 9.59 Å². The third-order valence-corrected chi connectivity index (χ3v) is 4.12. The Balaban J connectivity index is 1.54. The molecule has 1 amide bonds. The maximum absolute atomic E-state index is 12.2. The quantitative estimate of drug-likeness (QED) is 0.574. The predicted molar refractivity (Wildman–Crippen MR) is 107 cm³/mol. The van der Waals surface area contributed by atoms with Gasteiger partial charge in [0.15, 0.2) is 5.82 Å². The molecule has 0 bridgehead atoms. The Kier molecular flexibility index (Phi) is 6.28. The predicted octanol–water partition coefficient (Wildman–Crippen LogP) is 1.25. The average molecular weight is 397 g/mol. The molecule has 0 radical (unpaired) electrons. The van der Waals surface area contributed by atoms with E-state index in [0.717, 1.165) is 21.8 Å². The Morgan fingerprint density at radius 2 is 1.79 bits per heavy atom. The molecule has 1 aromatic carbocycles. The Hall–Kier alpha value is -3.62. The Morgan fingerprint density at radius 3 is 2.45 bits per heavy atom. The molecule has 2 heterocycles. The molecule has 0 fully saturated rings. The van der Waals surface area contributed by atoms with Gasteiger partial charge in [-0.1, -0.05) is 0 Å². The molecule has 9 heteroatoms. The van der Waals surface area contributed by atoms with Crippen LogP contribution in [0.25, 0.3) is 5.82 Å². The van der Waals surface area contributed by atoms with Crippen molar-refractivity contribution in [2.45, 2.75) is 20.4 Å². The second-order valence-electron chi connectivity index (χ2n) is 6.40. The number of ether oxygens (including phenoxy) is 2. The molecular weight excluding hydrogens is 374 g/mol. The lowest BCUT2D eigenvalue weighted by atomic mass is 10.3. The molecule has 0 saturated carbocycles. The summed E-state index contributed by atoms with van der Waals surface area (Å²) in [5.74, 6) is 1.57. The van der Waals surface area contributed by atoms with Gasteiger partial charge in [-0.2, -0.15) is 5.10 Å². The molecule has 0 unspecified atom stereocenters. The Morgan fingerprint density at radius 1 is 1.07 bits per heavy atom. The smallest absolute Gasteiger partial charge is 0.267 e. The number of hydrogen-bond acceptors (Lipinski definition) is 6. The van der Waals surface area contributed by atoms with Crippen molar-refractivity contribution in [3.05, 3.63) is 64.2 Å². The number of carbonyl (C=O) groups excluding carboxylic acids is 1. The van der Waals surface area contributed by atoms with Crippen molar-refractivity contribution in [2.24, 2.45) is 0 Å². The van der Waals surface area contributed by atoms with E-state index in [-0.39, 0.29) is 18.0 Å². The van der Waals surface area contributed by atoms with Gasteiger partial charge in [-0.3, -0.25) is 9.59 Å². The van der Waals surface area contributed by atoms with Crippen molar-refractivity contribution in [2.75, 3.05) is 20.3 Å². The highest BCUT2D eigenvalue weighted by Gasteiger charge is 2.10. The summed E-state index contributed by atoms with van der Waals surface area (Å²) in [5.41, 5.74) is 1.37. The highest BCUT2D eigenvalue weighted by molar-refractivity contribution is 5.75. The van der Waals surface area contributed by atoms with Crippen LogP contribution in [0.3, 0.4) is 0 Å². The molecular formula is C20H23N5O4. The fourth-order valence-corrected chi connectivity index (χ4v) is 2.75. The summed E-state index contributed by atoms with van der Waals surface area (Å²) in [6, 6.07) is 12.0. The molecule has 0 saturated heterocycles. The number of amides is 1. The molecule has 0 aliphatic heterocycles. The first-order valence-electron chi connectivity index (χ1n) is 9.11. The fourth-order valence-electron chi connectivity index (χ4n) is 2.75.